The van der Waals surface area contributed by atoms with E-state index in [1.807, 2.05) is 18.2 Å². The van der Waals surface area contributed by atoms with Gasteiger partial charge in [0.2, 0.25) is 0 Å². The lowest BCUT2D eigenvalue weighted by Gasteiger charge is -2.33. The highest BCUT2D eigenvalue weighted by Gasteiger charge is 2.51. The number of hydrogen-bond acceptors (Lipinski definition) is 4. The van der Waals surface area contributed by atoms with Crippen molar-refractivity contribution in [2.24, 2.45) is 5.41 Å². The Morgan fingerprint density at radius 1 is 1.06 bits per heavy atom. The number of halogens is 3. The monoisotopic (exact) mass is 493 g/mol. The summed E-state index contributed by atoms with van der Waals surface area (Å²) in [6.07, 6.45) is -1.84. The van der Waals surface area contributed by atoms with Crippen molar-refractivity contribution in [2.75, 3.05) is 17.7 Å². The number of allylic oxidation sites excluding steroid dienone is 3. The van der Waals surface area contributed by atoms with E-state index >= 15 is 0 Å². The Morgan fingerprint density at radius 2 is 1.78 bits per heavy atom. The fourth-order valence-electron chi connectivity index (χ4n) is 3.93. The SMILES string of the molecule is CC1(C(F)(F)F)C=CC(c2ccccc2)=C(C(=O)Nc2ccc(OCCc3cccc(N)n3)cc2)C1. The summed E-state index contributed by atoms with van der Waals surface area (Å²) in [4.78, 5) is 17.4. The Balaban J connectivity index is 1.47. The second kappa shape index (κ2) is 10.3. The first-order valence-corrected chi connectivity index (χ1v) is 11.4. The number of carbonyl (C=O) groups is 1. The van der Waals surface area contributed by atoms with Crippen LogP contribution in [0.5, 0.6) is 5.75 Å². The van der Waals surface area contributed by atoms with Gasteiger partial charge in [0.25, 0.3) is 5.91 Å². The molecule has 4 rings (SSSR count). The molecule has 5 nitrogen and oxygen atoms in total. The zero-order chi connectivity index (χ0) is 25.8. The lowest BCUT2D eigenvalue weighted by atomic mass is 9.75. The van der Waals surface area contributed by atoms with Crippen LogP contribution < -0.4 is 15.8 Å². The molecule has 1 atom stereocenters. The van der Waals surface area contributed by atoms with Crippen molar-refractivity contribution in [3.05, 3.63) is 102 Å². The van der Waals surface area contributed by atoms with E-state index in [2.05, 4.69) is 10.3 Å². The van der Waals surface area contributed by atoms with Gasteiger partial charge in [-0.15, -0.1) is 0 Å². The topological polar surface area (TPSA) is 77.2 Å². The van der Waals surface area contributed by atoms with Gasteiger partial charge in [0, 0.05) is 23.4 Å². The first-order valence-electron chi connectivity index (χ1n) is 11.4. The average molecular weight is 494 g/mol. The predicted molar refractivity (Wildman–Crippen MR) is 134 cm³/mol. The molecule has 1 unspecified atom stereocenters. The predicted octanol–water partition coefficient (Wildman–Crippen LogP) is 6.21. The quantitative estimate of drug-likeness (QED) is 0.411. The van der Waals surface area contributed by atoms with E-state index in [-0.39, 0.29) is 5.57 Å². The Labute approximate surface area is 207 Å². The smallest absolute Gasteiger partial charge is 0.397 e. The number of carbonyl (C=O) groups excluding carboxylic acids is 1. The van der Waals surface area contributed by atoms with Crippen molar-refractivity contribution >= 4 is 23.0 Å². The number of benzene rings is 2. The number of nitrogens with two attached hydrogens (primary N) is 1. The lowest BCUT2D eigenvalue weighted by Crippen LogP contribution is -2.37. The Bertz CT molecular complexity index is 1290. The van der Waals surface area contributed by atoms with E-state index in [9.17, 15) is 18.0 Å². The number of pyridine rings is 1. The highest BCUT2D eigenvalue weighted by molar-refractivity contribution is 6.10. The minimum atomic E-state index is -4.49. The highest BCUT2D eigenvalue weighted by atomic mass is 19.4. The normalized spacial score (nSPS) is 17.7. The summed E-state index contributed by atoms with van der Waals surface area (Å²) >= 11 is 0. The fraction of sp³-hybridized carbons (Fsp3) is 0.214. The zero-order valence-electron chi connectivity index (χ0n) is 19.7. The van der Waals surface area contributed by atoms with Crippen LogP contribution in [0.1, 0.15) is 24.6 Å². The standard InChI is InChI=1S/C28H26F3N3O2/c1-27(28(29,30)31)16-14-23(19-6-3-2-4-7-19)24(18-27)26(35)34-21-10-12-22(13-11-21)36-17-15-20-8-5-9-25(32)33-20/h2-14,16H,15,17-18H2,1H3,(H2,32,33)(H,34,35). The summed E-state index contributed by atoms with van der Waals surface area (Å²) in [6, 6.07) is 21.0. The average Bonchev–Trinajstić information content (AvgIpc) is 2.85. The van der Waals surface area contributed by atoms with Crippen molar-refractivity contribution < 1.29 is 22.7 Å². The van der Waals surface area contributed by atoms with Gasteiger partial charge in [-0.05, 0) is 60.9 Å². The Kier molecular flexibility index (Phi) is 7.15. The number of nitrogens with zero attached hydrogens (tertiary/aromatic N) is 1. The molecule has 1 aliphatic rings. The zero-order valence-corrected chi connectivity index (χ0v) is 19.7. The molecule has 1 aromatic heterocycles. The fourth-order valence-corrected chi connectivity index (χ4v) is 3.93. The minimum absolute atomic E-state index is 0.0819. The van der Waals surface area contributed by atoms with Crippen molar-refractivity contribution in [1.29, 1.82) is 0 Å². The second-order valence-electron chi connectivity index (χ2n) is 8.81. The first-order chi connectivity index (χ1) is 17.1. The third kappa shape index (κ3) is 5.76. The molecule has 0 radical (unpaired) electrons. The summed E-state index contributed by atoms with van der Waals surface area (Å²) in [5.41, 5.74) is 6.06. The van der Waals surface area contributed by atoms with Crippen LogP contribution in [0, 0.1) is 5.41 Å². The van der Waals surface area contributed by atoms with Gasteiger partial charge in [0.15, 0.2) is 0 Å². The number of hydrogen-bond donors (Lipinski definition) is 2. The van der Waals surface area contributed by atoms with E-state index < -0.39 is 23.9 Å². The number of amides is 1. The summed E-state index contributed by atoms with van der Waals surface area (Å²) in [7, 11) is 0. The van der Waals surface area contributed by atoms with Crippen LogP contribution in [0.2, 0.25) is 0 Å². The van der Waals surface area contributed by atoms with Gasteiger partial charge in [-0.25, -0.2) is 4.98 Å². The van der Waals surface area contributed by atoms with Gasteiger partial charge in [0.05, 0.1) is 12.0 Å². The van der Waals surface area contributed by atoms with Crippen LogP contribution in [0.15, 0.2) is 90.5 Å². The third-order valence-electron chi connectivity index (χ3n) is 6.06. The van der Waals surface area contributed by atoms with Crippen LogP contribution in [0.25, 0.3) is 5.57 Å². The lowest BCUT2D eigenvalue weighted by molar-refractivity contribution is -0.199. The molecule has 2 aromatic carbocycles. The molecular formula is C28H26F3N3O2. The number of anilines is 2. The molecular weight excluding hydrogens is 467 g/mol. The molecule has 8 heteroatoms. The first kappa shape index (κ1) is 25.0. The molecule has 0 bridgehead atoms. The minimum Gasteiger partial charge on any atom is -0.493 e. The molecule has 1 amide bonds. The van der Waals surface area contributed by atoms with Crippen LogP contribution in [0.4, 0.5) is 24.7 Å². The van der Waals surface area contributed by atoms with Crippen molar-refractivity contribution in [2.45, 2.75) is 25.9 Å². The van der Waals surface area contributed by atoms with Gasteiger partial charge in [-0.2, -0.15) is 13.2 Å². The molecule has 0 aliphatic heterocycles. The maximum absolute atomic E-state index is 13.8. The number of ether oxygens (including phenoxy) is 1. The molecule has 1 heterocycles. The number of nitrogen functional groups attached to an aromatic ring is 1. The van der Waals surface area contributed by atoms with Crippen LogP contribution in [0.3, 0.4) is 0 Å². The summed E-state index contributed by atoms with van der Waals surface area (Å²) in [5, 5.41) is 2.74. The molecule has 36 heavy (non-hydrogen) atoms. The number of alkyl halides is 3. The van der Waals surface area contributed by atoms with E-state index in [0.29, 0.717) is 41.4 Å². The largest absolute Gasteiger partial charge is 0.493 e. The third-order valence-corrected chi connectivity index (χ3v) is 6.06. The van der Waals surface area contributed by atoms with Gasteiger partial charge in [-0.3, -0.25) is 4.79 Å². The number of rotatable bonds is 7. The van der Waals surface area contributed by atoms with Crippen LogP contribution in [-0.4, -0.2) is 23.7 Å². The van der Waals surface area contributed by atoms with Crippen LogP contribution in [-0.2, 0) is 11.2 Å². The molecule has 186 valence electrons. The number of nitrogens with one attached hydrogen (secondary N) is 1. The second-order valence-corrected chi connectivity index (χ2v) is 8.81. The van der Waals surface area contributed by atoms with Crippen molar-refractivity contribution in [3.8, 4) is 5.75 Å². The molecule has 1 aliphatic carbocycles. The Morgan fingerprint density at radius 3 is 2.44 bits per heavy atom. The molecule has 0 fully saturated rings. The Hall–Kier alpha value is -4.07. The van der Waals surface area contributed by atoms with E-state index in [1.54, 1.807) is 54.6 Å². The summed E-state index contributed by atoms with van der Waals surface area (Å²) in [5.74, 6) is 0.462. The molecule has 0 saturated carbocycles. The van der Waals surface area contributed by atoms with E-state index in [1.165, 1.54) is 6.08 Å². The molecule has 0 saturated heterocycles. The summed E-state index contributed by atoms with van der Waals surface area (Å²) < 4.78 is 47.0. The number of aromatic nitrogens is 1. The van der Waals surface area contributed by atoms with Crippen LogP contribution >= 0.6 is 0 Å². The molecule has 3 aromatic rings. The van der Waals surface area contributed by atoms with Gasteiger partial charge >= 0.3 is 6.18 Å². The molecule has 0 spiro atoms. The highest BCUT2D eigenvalue weighted by Crippen LogP contribution is 2.48. The van der Waals surface area contributed by atoms with E-state index in [0.717, 1.165) is 18.7 Å². The summed E-state index contributed by atoms with van der Waals surface area (Å²) in [6.45, 7) is 1.49. The van der Waals surface area contributed by atoms with Crippen molar-refractivity contribution in [1.82, 2.24) is 4.98 Å². The molecule has 3 N–H and O–H groups in total. The maximum Gasteiger partial charge on any atom is 0.397 e. The van der Waals surface area contributed by atoms with E-state index in [4.69, 9.17) is 10.5 Å². The van der Waals surface area contributed by atoms with Gasteiger partial charge in [-0.1, -0.05) is 48.6 Å². The maximum atomic E-state index is 13.8. The van der Waals surface area contributed by atoms with Gasteiger partial charge in [0.1, 0.15) is 11.6 Å². The van der Waals surface area contributed by atoms with Gasteiger partial charge < -0.3 is 15.8 Å². The van der Waals surface area contributed by atoms with Crippen molar-refractivity contribution in [3.63, 3.8) is 0 Å².